The Hall–Kier alpha value is -0.870. The van der Waals surface area contributed by atoms with Crippen molar-refractivity contribution < 1.29 is 0 Å². The van der Waals surface area contributed by atoms with Gasteiger partial charge in [0.05, 0.1) is 0 Å². The molecule has 4 heteroatoms. The third-order valence-electron chi connectivity index (χ3n) is 3.03. The third-order valence-corrected chi connectivity index (χ3v) is 3.03. The van der Waals surface area contributed by atoms with Crippen molar-refractivity contribution >= 4 is 0 Å². The first-order valence-electron chi connectivity index (χ1n) is 5.15. The van der Waals surface area contributed by atoms with E-state index in [0.29, 0.717) is 0 Å². The van der Waals surface area contributed by atoms with Gasteiger partial charge in [-0.25, -0.2) is 0 Å². The Balaban J connectivity index is 1.79. The molecule has 0 spiro atoms. The lowest BCUT2D eigenvalue weighted by Gasteiger charge is -2.35. The van der Waals surface area contributed by atoms with Gasteiger partial charge >= 0.3 is 0 Å². The summed E-state index contributed by atoms with van der Waals surface area (Å²) in [6.07, 6.45) is 2.95. The molecule has 78 valence electrons. The highest BCUT2D eigenvalue weighted by molar-refractivity contribution is 5.00. The molecule has 0 radical (unpaired) electrons. The standard InChI is InChI=1S/C10H18N4/c1-13(10-7-11-8-10)6-4-9-3-5-12-14(9)2/h3,5,10-11H,4,6-8H2,1-2H3. The summed E-state index contributed by atoms with van der Waals surface area (Å²) in [5, 5.41) is 7.45. The van der Waals surface area contributed by atoms with E-state index < -0.39 is 0 Å². The molecular formula is C10H18N4. The van der Waals surface area contributed by atoms with E-state index in [4.69, 9.17) is 0 Å². The fourth-order valence-electron chi connectivity index (χ4n) is 1.71. The second-order valence-corrected chi connectivity index (χ2v) is 3.99. The van der Waals surface area contributed by atoms with Gasteiger partial charge in [-0.2, -0.15) is 5.10 Å². The minimum Gasteiger partial charge on any atom is -0.314 e. The van der Waals surface area contributed by atoms with E-state index in [1.165, 1.54) is 5.69 Å². The van der Waals surface area contributed by atoms with Crippen LogP contribution in [-0.2, 0) is 13.5 Å². The van der Waals surface area contributed by atoms with Crippen LogP contribution in [0.1, 0.15) is 5.69 Å². The zero-order valence-electron chi connectivity index (χ0n) is 8.90. The molecule has 1 aliphatic heterocycles. The predicted octanol–water partition coefficient (Wildman–Crippen LogP) is -0.134. The minimum atomic E-state index is 0.739. The first-order chi connectivity index (χ1) is 6.77. The largest absolute Gasteiger partial charge is 0.314 e. The number of aromatic nitrogens is 2. The van der Waals surface area contributed by atoms with Crippen LogP contribution in [-0.4, -0.2) is 47.4 Å². The highest BCUT2D eigenvalue weighted by atomic mass is 15.3. The van der Waals surface area contributed by atoms with E-state index >= 15 is 0 Å². The van der Waals surface area contributed by atoms with Crippen molar-refractivity contribution in [3.05, 3.63) is 18.0 Å². The molecule has 1 aromatic rings. The molecule has 14 heavy (non-hydrogen) atoms. The Morgan fingerprint density at radius 2 is 2.43 bits per heavy atom. The Morgan fingerprint density at radius 1 is 1.64 bits per heavy atom. The maximum absolute atomic E-state index is 4.16. The Kier molecular flexibility index (Phi) is 2.84. The van der Waals surface area contributed by atoms with Gasteiger partial charge in [-0.3, -0.25) is 4.68 Å². The van der Waals surface area contributed by atoms with Gasteiger partial charge in [-0.05, 0) is 13.1 Å². The highest BCUT2D eigenvalue weighted by Gasteiger charge is 2.20. The van der Waals surface area contributed by atoms with Crippen LogP contribution in [0, 0.1) is 0 Å². The van der Waals surface area contributed by atoms with Crippen molar-refractivity contribution in [2.75, 3.05) is 26.7 Å². The van der Waals surface area contributed by atoms with E-state index in [0.717, 1.165) is 32.1 Å². The van der Waals surface area contributed by atoms with Crippen LogP contribution < -0.4 is 5.32 Å². The number of likely N-dealkylation sites (N-methyl/N-ethyl adjacent to an activating group) is 1. The van der Waals surface area contributed by atoms with Gasteiger partial charge in [0.15, 0.2) is 0 Å². The number of hydrogen-bond acceptors (Lipinski definition) is 3. The second-order valence-electron chi connectivity index (χ2n) is 3.99. The third kappa shape index (κ3) is 1.96. The normalized spacial score (nSPS) is 17.4. The Bertz CT molecular complexity index is 290. The van der Waals surface area contributed by atoms with E-state index in [2.05, 4.69) is 28.4 Å². The highest BCUT2D eigenvalue weighted by Crippen LogP contribution is 2.04. The van der Waals surface area contributed by atoms with E-state index in [1.54, 1.807) is 0 Å². The molecule has 4 nitrogen and oxygen atoms in total. The van der Waals surface area contributed by atoms with E-state index in [9.17, 15) is 0 Å². The average Bonchev–Trinajstić information content (AvgIpc) is 2.44. The molecule has 0 bridgehead atoms. The van der Waals surface area contributed by atoms with E-state index in [1.807, 2.05) is 17.9 Å². The first kappa shape index (κ1) is 9.68. The van der Waals surface area contributed by atoms with Crippen LogP contribution in [0.15, 0.2) is 12.3 Å². The summed E-state index contributed by atoms with van der Waals surface area (Å²) in [4.78, 5) is 2.42. The van der Waals surface area contributed by atoms with Gasteiger partial charge in [0.1, 0.15) is 0 Å². The summed E-state index contributed by atoms with van der Waals surface area (Å²) in [6.45, 7) is 3.40. The van der Waals surface area contributed by atoms with Crippen molar-refractivity contribution in [2.45, 2.75) is 12.5 Å². The Labute approximate surface area is 84.9 Å². The zero-order valence-corrected chi connectivity index (χ0v) is 8.90. The molecule has 2 heterocycles. The zero-order chi connectivity index (χ0) is 9.97. The fraction of sp³-hybridized carbons (Fsp3) is 0.700. The average molecular weight is 194 g/mol. The molecule has 0 unspecified atom stereocenters. The minimum absolute atomic E-state index is 0.739. The van der Waals surface area contributed by atoms with Crippen molar-refractivity contribution in [3.8, 4) is 0 Å². The molecule has 2 rings (SSSR count). The van der Waals surface area contributed by atoms with E-state index in [-0.39, 0.29) is 0 Å². The summed E-state index contributed by atoms with van der Waals surface area (Å²) in [7, 11) is 4.20. The van der Waals surface area contributed by atoms with Crippen molar-refractivity contribution in [1.29, 1.82) is 0 Å². The van der Waals surface area contributed by atoms with Gasteiger partial charge in [0.2, 0.25) is 0 Å². The van der Waals surface area contributed by atoms with Crippen LogP contribution >= 0.6 is 0 Å². The lowest BCUT2D eigenvalue weighted by atomic mass is 10.1. The molecule has 0 saturated carbocycles. The lowest BCUT2D eigenvalue weighted by molar-refractivity contribution is 0.181. The van der Waals surface area contributed by atoms with Gasteiger partial charge < -0.3 is 10.2 Å². The molecular weight excluding hydrogens is 176 g/mol. The summed E-state index contributed by atoms with van der Waals surface area (Å²) in [6, 6.07) is 2.83. The number of aryl methyl sites for hydroxylation is 1. The summed E-state index contributed by atoms with van der Waals surface area (Å²) in [5.74, 6) is 0. The molecule has 1 fully saturated rings. The SMILES string of the molecule is CN(CCc1ccnn1C)C1CNC1. The molecule has 0 atom stereocenters. The van der Waals surface area contributed by atoms with Crippen LogP contribution in [0.2, 0.25) is 0 Å². The van der Waals surface area contributed by atoms with Crippen LogP contribution in [0.4, 0.5) is 0 Å². The lowest BCUT2D eigenvalue weighted by Crippen LogP contribution is -2.56. The summed E-state index contributed by atoms with van der Waals surface area (Å²) in [5.41, 5.74) is 1.31. The predicted molar refractivity (Wildman–Crippen MR) is 56.2 cm³/mol. The van der Waals surface area contributed by atoms with Gasteiger partial charge in [0.25, 0.3) is 0 Å². The smallest absolute Gasteiger partial charge is 0.0492 e. The van der Waals surface area contributed by atoms with Gasteiger partial charge in [-0.15, -0.1) is 0 Å². The topological polar surface area (TPSA) is 33.1 Å². The monoisotopic (exact) mass is 194 g/mol. The number of nitrogens with zero attached hydrogens (tertiary/aromatic N) is 3. The quantitative estimate of drug-likeness (QED) is 0.724. The van der Waals surface area contributed by atoms with Crippen LogP contribution in [0.5, 0.6) is 0 Å². The van der Waals surface area contributed by atoms with Gasteiger partial charge in [-0.1, -0.05) is 0 Å². The molecule has 0 aliphatic carbocycles. The van der Waals surface area contributed by atoms with Crippen molar-refractivity contribution in [1.82, 2.24) is 20.0 Å². The van der Waals surface area contributed by atoms with Crippen molar-refractivity contribution in [3.63, 3.8) is 0 Å². The molecule has 0 amide bonds. The number of nitrogens with one attached hydrogen (secondary N) is 1. The van der Waals surface area contributed by atoms with Crippen LogP contribution in [0.3, 0.4) is 0 Å². The number of rotatable bonds is 4. The molecule has 1 saturated heterocycles. The number of hydrogen-bond donors (Lipinski definition) is 1. The first-order valence-corrected chi connectivity index (χ1v) is 5.15. The molecule has 1 aromatic heterocycles. The van der Waals surface area contributed by atoms with Crippen LogP contribution in [0.25, 0.3) is 0 Å². The maximum Gasteiger partial charge on any atom is 0.0492 e. The maximum atomic E-state index is 4.16. The fourth-order valence-corrected chi connectivity index (χ4v) is 1.71. The summed E-state index contributed by atoms with van der Waals surface area (Å²) >= 11 is 0. The van der Waals surface area contributed by atoms with Crippen molar-refractivity contribution in [2.24, 2.45) is 7.05 Å². The summed E-state index contributed by atoms with van der Waals surface area (Å²) < 4.78 is 1.95. The van der Waals surface area contributed by atoms with Gasteiger partial charge in [0, 0.05) is 51.0 Å². The molecule has 1 aliphatic rings. The Morgan fingerprint density at radius 3 is 2.93 bits per heavy atom. The molecule has 0 aromatic carbocycles. The molecule has 1 N–H and O–H groups in total. The second kappa shape index (κ2) is 4.11.